The first-order valence-corrected chi connectivity index (χ1v) is 8.19. The summed E-state index contributed by atoms with van der Waals surface area (Å²) in [6.07, 6.45) is 1.19. The number of hydrogen-bond donors (Lipinski definition) is 2. The zero-order chi connectivity index (χ0) is 16.2. The first-order chi connectivity index (χ1) is 9.79. The van der Waals surface area contributed by atoms with E-state index in [0.717, 1.165) is 6.07 Å². The highest BCUT2D eigenvalue weighted by Crippen LogP contribution is 2.26. The summed E-state index contributed by atoms with van der Waals surface area (Å²) in [5, 5.41) is 18.0. The van der Waals surface area contributed by atoms with E-state index in [1.165, 1.54) is 11.2 Å². The zero-order valence-electron chi connectivity index (χ0n) is 12.4. The van der Waals surface area contributed by atoms with Crippen LogP contribution in [0.15, 0.2) is 15.4 Å². The van der Waals surface area contributed by atoms with Crippen LogP contribution in [0, 0.1) is 6.92 Å². The van der Waals surface area contributed by atoms with Crippen molar-refractivity contribution in [1.29, 1.82) is 0 Å². The standard InChI is InChI=1S/C13H21NO6S/c1-4-10(5-2)14(6-7-15)21(18,19)12-8-11(13(16)17)20-9(12)3/h8,10,15H,4-7H2,1-3H3,(H,16,17). The maximum Gasteiger partial charge on any atom is 0.371 e. The summed E-state index contributed by atoms with van der Waals surface area (Å²) >= 11 is 0. The Morgan fingerprint density at radius 2 is 1.95 bits per heavy atom. The van der Waals surface area contributed by atoms with Crippen molar-refractivity contribution >= 4 is 16.0 Å². The van der Waals surface area contributed by atoms with E-state index in [2.05, 4.69) is 0 Å². The lowest BCUT2D eigenvalue weighted by molar-refractivity contribution is 0.0661. The molecular weight excluding hydrogens is 298 g/mol. The van der Waals surface area contributed by atoms with Crippen LogP contribution in [0.1, 0.15) is 43.0 Å². The van der Waals surface area contributed by atoms with Crippen molar-refractivity contribution in [3.8, 4) is 0 Å². The Balaban J connectivity index is 3.31. The smallest absolute Gasteiger partial charge is 0.371 e. The van der Waals surface area contributed by atoms with Crippen molar-refractivity contribution < 1.29 is 27.8 Å². The molecule has 0 aromatic carbocycles. The number of aliphatic hydroxyl groups excluding tert-OH is 1. The van der Waals surface area contributed by atoms with Crippen molar-refractivity contribution in [3.05, 3.63) is 17.6 Å². The highest BCUT2D eigenvalue weighted by atomic mass is 32.2. The average molecular weight is 319 g/mol. The normalized spacial score (nSPS) is 12.3. The molecule has 1 aromatic rings. The molecule has 0 saturated heterocycles. The Morgan fingerprint density at radius 3 is 2.33 bits per heavy atom. The number of aryl methyl sites for hydroxylation is 1. The maximum atomic E-state index is 12.7. The number of carboxylic acid groups (broad SMARTS) is 1. The van der Waals surface area contributed by atoms with Crippen LogP contribution >= 0.6 is 0 Å². The Bertz CT molecular complexity index is 588. The molecule has 0 unspecified atom stereocenters. The summed E-state index contributed by atoms with van der Waals surface area (Å²) in [7, 11) is -3.91. The van der Waals surface area contributed by atoms with E-state index in [-0.39, 0.29) is 29.8 Å². The number of sulfonamides is 1. The topological polar surface area (TPSA) is 108 Å². The number of furan rings is 1. The summed E-state index contributed by atoms with van der Waals surface area (Å²) in [4.78, 5) is 10.7. The molecule has 120 valence electrons. The molecule has 21 heavy (non-hydrogen) atoms. The minimum Gasteiger partial charge on any atom is -0.475 e. The Hall–Kier alpha value is -1.38. The lowest BCUT2D eigenvalue weighted by Gasteiger charge is -2.28. The van der Waals surface area contributed by atoms with Crippen molar-refractivity contribution in [3.63, 3.8) is 0 Å². The summed E-state index contributed by atoms with van der Waals surface area (Å²) in [6, 6.07) is 0.754. The second-order valence-corrected chi connectivity index (χ2v) is 6.50. The molecule has 8 heteroatoms. The first-order valence-electron chi connectivity index (χ1n) is 6.75. The van der Waals surface area contributed by atoms with E-state index in [0.29, 0.717) is 12.8 Å². The molecule has 1 rings (SSSR count). The van der Waals surface area contributed by atoms with Gasteiger partial charge in [0.15, 0.2) is 0 Å². The highest BCUT2D eigenvalue weighted by molar-refractivity contribution is 7.89. The molecule has 1 aromatic heterocycles. The van der Waals surface area contributed by atoms with Gasteiger partial charge < -0.3 is 14.6 Å². The number of rotatable bonds is 8. The second-order valence-electron chi connectivity index (χ2n) is 4.65. The predicted octanol–water partition coefficient (Wildman–Crippen LogP) is 1.46. The van der Waals surface area contributed by atoms with Crippen molar-refractivity contribution in [2.24, 2.45) is 0 Å². The summed E-state index contributed by atoms with van der Waals surface area (Å²) in [5.74, 6) is -1.71. The number of nitrogens with zero attached hydrogens (tertiary/aromatic N) is 1. The quantitative estimate of drug-likeness (QED) is 0.751. The molecule has 2 N–H and O–H groups in total. The molecular formula is C13H21NO6S. The van der Waals surface area contributed by atoms with Gasteiger partial charge >= 0.3 is 5.97 Å². The number of aromatic carboxylic acids is 1. The molecule has 0 bridgehead atoms. The van der Waals surface area contributed by atoms with Crippen LogP contribution in [0.5, 0.6) is 0 Å². The monoisotopic (exact) mass is 319 g/mol. The third-order valence-electron chi connectivity index (χ3n) is 3.34. The van der Waals surface area contributed by atoms with Crippen molar-refractivity contribution in [2.75, 3.05) is 13.2 Å². The van der Waals surface area contributed by atoms with Crippen LogP contribution in [0.25, 0.3) is 0 Å². The van der Waals surface area contributed by atoms with Crippen LogP contribution in [0.4, 0.5) is 0 Å². The molecule has 0 fully saturated rings. The lowest BCUT2D eigenvalue weighted by atomic mass is 10.2. The SMILES string of the molecule is CCC(CC)N(CCO)S(=O)(=O)c1cc(C(=O)O)oc1C. The van der Waals surface area contributed by atoms with E-state index >= 15 is 0 Å². The minimum atomic E-state index is -3.91. The van der Waals surface area contributed by atoms with Gasteiger partial charge in [0.1, 0.15) is 10.7 Å². The van der Waals surface area contributed by atoms with Crippen molar-refractivity contribution in [1.82, 2.24) is 4.31 Å². The van der Waals surface area contributed by atoms with E-state index in [1.807, 2.05) is 13.8 Å². The van der Waals surface area contributed by atoms with Gasteiger partial charge in [-0.25, -0.2) is 13.2 Å². The summed E-state index contributed by atoms with van der Waals surface area (Å²) in [6.45, 7) is 4.78. The van der Waals surface area contributed by atoms with Crippen LogP contribution < -0.4 is 0 Å². The van der Waals surface area contributed by atoms with Crippen LogP contribution in [0.3, 0.4) is 0 Å². The van der Waals surface area contributed by atoms with Gasteiger partial charge in [-0.15, -0.1) is 0 Å². The van der Waals surface area contributed by atoms with Gasteiger partial charge in [0.05, 0.1) is 6.61 Å². The second kappa shape index (κ2) is 7.06. The van der Waals surface area contributed by atoms with Gasteiger partial charge in [0.2, 0.25) is 15.8 Å². The third-order valence-corrected chi connectivity index (χ3v) is 5.40. The third kappa shape index (κ3) is 3.63. The molecule has 0 aliphatic rings. The maximum absolute atomic E-state index is 12.7. The number of aliphatic hydroxyl groups is 1. The summed E-state index contributed by atoms with van der Waals surface area (Å²) in [5.41, 5.74) is 0. The summed E-state index contributed by atoms with van der Waals surface area (Å²) < 4.78 is 31.6. The molecule has 0 radical (unpaired) electrons. The fraction of sp³-hybridized carbons (Fsp3) is 0.615. The van der Waals surface area contributed by atoms with E-state index in [1.54, 1.807) is 0 Å². The Labute approximate surface area is 124 Å². The van der Waals surface area contributed by atoms with E-state index in [9.17, 15) is 13.2 Å². The number of carbonyl (C=O) groups is 1. The highest BCUT2D eigenvalue weighted by Gasteiger charge is 2.33. The van der Waals surface area contributed by atoms with Gasteiger partial charge in [-0.05, 0) is 19.8 Å². The number of carboxylic acids is 1. The minimum absolute atomic E-state index is 0.0290. The van der Waals surface area contributed by atoms with Crippen molar-refractivity contribution in [2.45, 2.75) is 44.6 Å². The molecule has 0 saturated carbocycles. The fourth-order valence-corrected chi connectivity index (χ4v) is 4.17. The van der Waals surface area contributed by atoms with Gasteiger partial charge in [-0.1, -0.05) is 13.8 Å². The average Bonchev–Trinajstić information content (AvgIpc) is 2.82. The van der Waals surface area contributed by atoms with Crippen LogP contribution in [0.2, 0.25) is 0 Å². The molecule has 0 amide bonds. The Kier molecular flexibility index (Phi) is 5.94. The van der Waals surface area contributed by atoms with Gasteiger partial charge in [0.25, 0.3) is 0 Å². The molecule has 0 aliphatic heterocycles. The predicted molar refractivity (Wildman–Crippen MR) is 75.8 cm³/mol. The van der Waals surface area contributed by atoms with E-state index in [4.69, 9.17) is 14.6 Å². The molecule has 0 aliphatic carbocycles. The van der Waals surface area contributed by atoms with Crippen LogP contribution in [-0.2, 0) is 10.0 Å². The largest absolute Gasteiger partial charge is 0.475 e. The Morgan fingerprint density at radius 1 is 1.38 bits per heavy atom. The lowest BCUT2D eigenvalue weighted by Crippen LogP contribution is -2.41. The molecule has 1 heterocycles. The fourth-order valence-electron chi connectivity index (χ4n) is 2.25. The van der Waals surface area contributed by atoms with Gasteiger partial charge in [0, 0.05) is 18.7 Å². The zero-order valence-corrected chi connectivity index (χ0v) is 13.2. The number of hydrogen-bond acceptors (Lipinski definition) is 5. The molecule has 0 spiro atoms. The van der Waals surface area contributed by atoms with Gasteiger partial charge in [-0.3, -0.25) is 0 Å². The van der Waals surface area contributed by atoms with E-state index < -0.39 is 21.8 Å². The first kappa shape index (κ1) is 17.7. The molecule has 0 atom stereocenters. The van der Waals surface area contributed by atoms with Crippen LogP contribution in [-0.4, -0.2) is 48.1 Å². The van der Waals surface area contributed by atoms with Gasteiger partial charge in [-0.2, -0.15) is 4.31 Å². The molecule has 7 nitrogen and oxygen atoms in total.